The lowest BCUT2D eigenvalue weighted by molar-refractivity contribution is -0.138. The van der Waals surface area contributed by atoms with Crippen molar-refractivity contribution in [2.75, 3.05) is 0 Å². The molecule has 1 fully saturated rings. The summed E-state index contributed by atoms with van der Waals surface area (Å²) in [5, 5.41) is -0.497. The molecule has 2 heterocycles. The summed E-state index contributed by atoms with van der Waals surface area (Å²) >= 11 is 0. The van der Waals surface area contributed by atoms with Crippen LogP contribution < -0.4 is 5.32 Å². The van der Waals surface area contributed by atoms with Crippen molar-refractivity contribution < 1.29 is 48.3 Å². The Labute approximate surface area is 204 Å². The van der Waals surface area contributed by atoms with E-state index < -0.39 is 73.8 Å². The van der Waals surface area contributed by atoms with Gasteiger partial charge in [-0.15, -0.1) is 0 Å². The lowest BCUT2D eigenvalue weighted by atomic mass is 9.93. The molecule has 1 amide bonds. The summed E-state index contributed by atoms with van der Waals surface area (Å²) in [4.78, 5) is 15.3. The highest BCUT2D eigenvalue weighted by Gasteiger charge is 2.48. The fourth-order valence-corrected chi connectivity index (χ4v) is 5.83. The fraction of sp³-hybridized carbons (Fsp3) is 0.364. The van der Waals surface area contributed by atoms with E-state index in [2.05, 4.69) is 10.3 Å². The van der Waals surface area contributed by atoms with Gasteiger partial charge in [0.2, 0.25) is 14.8 Å². The Balaban J connectivity index is 1.47. The van der Waals surface area contributed by atoms with Crippen LogP contribution in [0.1, 0.15) is 47.3 Å². The van der Waals surface area contributed by atoms with Crippen molar-refractivity contribution in [3.63, 3.8) is 0 Å². The molecule has 1 aliphatic rings. The SMILES string of the molecule is O=C(N[C@H]1CC[C@@](F)(S(=O)(=O)c2cc(F)cc(C(F)(F)F)c2)CC1)c1cn2cc(C(F)(F)F)ccc2n1. The maximum atomic E-state index is 15.5. The van der Waals surface area contributed by atoms with Gasteiger partial charge in [0.1, 0.15) is 17.2 Å². The molecule has 0 atom stereocenters. The van der Waals surface area contributed by atoms with E-state index in [4.69, 9.17) is 0 Å². The van der Waals surface area contributed by atoms with Gasteiger partial charge in [0, 0.05) is 18.4 Å². The number of pyridine rings is 1. The molecular formula is C22H17F8N3O3S. The molecule has 0 aliphatic heterocycles. The molecule has 4 rings (SSSR count). The first kappa shape index (κ1) is 26.8. The predicted octanol–water partition coefficient (Wildman–Crippen LogP) is 5.32. The topological polar surface area (TPSA) is 80.5 Å². The number of carbonyl (C=O) groups is 1. The van der Waals surface area contributed by atoms with Crippen molar-refractivity contribution >= 4 is 21.4 Å². The lowest BCUT2D eigenvalue weighted by Gasteiger charge is -2.33. The third-order valence-electron chi connectivity index (χ3n) is 6.07. The zero-order chi connectivity index (χ0) is 27.4. The predicted molar refractivity (Wildman–Crippen MR) is 112 cm³/mol. The molecule has 0 radical (unpaired) electrons. The number of imidazole rings is 1. The number of nitrogens with zero attached hydrogens (tertiary/aromatic N) is 2. The minimum absolute atomic E-state index is 0.0592. The van der Waals surface area contributed by atoms with Crippen molar-refractivity contribution in [1.29, 1.82) is 0 Å². The molecule has 15 heteroatoms. The molecule has 1 aliphatic carbocycles. The van der Waals surface area contributed by atoms with Gasteiger partial charge < -0.3 is 9.72 Å². The van der Waals surface area contributed by atoms with Crippen molar-refractivity contribution in [2.45, 2.75) is 54.0 Å². The highest BCUT2D eigenvalue weighted by atomic mass is 32.2. The van der Waals surface area contributed by atoms with Crippen LogP contribution in [-0.4, -0.2) is 34.8 Å². The second-order valence-corrected chi connectivity index (χ2v) is 10.8. The van der Waals surface area contributed by atoms with Crippen LogP contribution in [0.25, 0.3) is 5.65 Å². The molecule has 0 bridgehead atoms. The van der Waals surface area contributed by atoms with Gasteiger partial charge in [-0.3, -0.25) is 4.79 Å². The highest BCUT2D eigenvalue weighted by Crippen LogP contribution is 2.42. The van der Waals surface area contributed by atoms with Crippen LogP contribution in [0.3, 0.4) is 0 Å². The van der Waals surface area contributed by atoms with Crippen LogP contribution in [0.2, 0.25) is 0 Å². The molecular weight excluding hydrogens is 538 g/mol. The van der Waals surface area contributed by atoms with Gasteiger partial charge in [0.15, 0.2) is 0 Å². The van der Waals surface area contributed by atoms with Crippen molar-refractivity contribution in [2.24, 2.45) is 0 Å². The van der Waals surface area contributed by atoms with Crippen LogP contribution in [0.4, 0.5) is 35.1 Å². The molecule has 2 aromatic heterocycles. The minimum Gasteiger partial charge on any atom is -0.348 e. The Bertz CT molecular complexity index is 1460. The van der Waals surface area contributed by atoms with E-state index in [9.17, 15) is 43.9 Å². The number of sulfone groups is 1. The second-order valence-electron chi connectivity index (χ2n) is 8.61. The van der Waals surface area contributed by atoms with Gasteiger partial charge in [-0.25, -0.2) is 22.2 Å². The van der Waals surface area contributed by atoms with E-state index in [-0.39, 0.29) is 36.3 Å². The van der Waals surface area contributed by atoms with E-state index in [1.54, 1.807) is 0 Å². The molecule has 0 spiro atoms. The highest BCUT2D eigenvalue weighted by molar-refractivity contribution is 7.92. The Morgan fingerprint density at radius 1 is 0.973 bits per heavy atom. The normalized spacial score (nSPS) is 21.2. The zero-order valence-electron chi connectivity index (χ0n) is 18.5. The molecule has 1 N–H and O–H groups in total. The van der Waals surface area contributed by atoms with Crippen molar-refractivity contribution in [1.82, 2.24) is 14.7 Å². The first-order valence-electron chi connectivity index (χ1n) is 10.7. The molecule has 1 aromatic carbocycles. The summed E-state index contributed by atoms with van der Waals surface area (Å²) in [5.74, 6) is -2.29. The molecule has 3 aromatic rings. The van der Waals surface area contributed by atoms with Crippen molar-refractivity contribution in [3.05, 3.63) is 65.4 Å². The maximum Gasteiger partial charge on any atom is 0.417 e. The van der Waals surface area contributed by atoms with Gasteiger partial charge in [0.05, 0.1) is 16.0 Å². The zero-order valence-corrected chi connectivity index (χ0v) is 19.3. The van der Waals surface area contributed by atoms with Gasteiger partial charge >= 0.3 is 12.4 Å². The van der Waals surface area contributed by atoms with E-state index in [0.29, 0.717) is 6.07 Å². The molecule has 0 unspecified atom stereocenters. The quantitative estimate of drug-likeness (QED) is 0.442. The molecule has 1 saturated carbocycles. The average molecular weight is 555 g/mol. The summed E-state index contributed by atoms with van der Waals surface area (Å²) in [5.41, 5.74) is -2.71. The number of alkyl halides is 7. The van der Waals surface area contributed by atoms with Crippen LogP contribution >= 0.6 is 0 Å². The third-order valence-corrected chi connectivity index (χ3v) is 8.30. The number of aromatic nitrogens is 2. The fourth-order valence-electron chi connectivity index (χ4n) is 4.08. The Morgan fingerprint density at radius 3 is 2.19 bits per heavy atom. The maximum absolute atomic E-state index is 15.5. The summed E-state index contributed by atoms with van der Waals surface area (Å²) in [6, 6.07) is 1.69. The molecule has 37 heavy (non-hydrogen) atoms. The molecule has 0 saturated heterocycles. The van der Waals surface area contributed by atoms with E-state index >= 15 is 4.39 Å². The average Bonchev–Trinajstić information content (AvgIpc) is 3.23. The Kier molecular flexibility index (Phi) is 6.49. The van der Waals surface area contributed by atoms with Crippen LogP contribution in [0.15, 0.2) is 47.6 Å². The number of halogens is 8. The Hall–Kier alpha value is -3.23. The number of amides is 1. The summed E-state index contributed by atoms with van der Waals surface area (Å²) < 4.78 is 133. The smallest absolute Gasteiger partial charge is 0.348 e. The monoisotopic (exact) mass is 555 g/mol. The van der Waals surface area contributed by atoms with Gasteiger partial charge in [-0.1, -0.05) is 0 Å². The minimum atomic E-state index is -5.05. The molecule has 6 nitrogen and oxygen atoms in total. The number of benzene rings is 1. The lowest BCUT2D eigenvalue weighted by Crippen LogP contribution is -2.45. The number of hydrogen-bond acceptors (Lipinski definition) is 4. The largest absolute Gasteiger partial charge is 0.417 e. The van der Waals surface area contributed by atoms with E-state index in [1.807, 2.05) is 0 Å². The standard InChI is InChI=1S/C22H17F8N3O3S/c23-14-7-13(22(28,29)30)8-16(9-14)37(35,36)20(24)5-3-15(4-6-20)31-19(34)17-11-33-10-12(21(25,26)27)1-2-18(33)32-17/h1-2,7-11,15H,3-6H2,(H,31,34)/t15-,20+. The number of nitrogens with one attached hydrogen (secondary N) is 1. The summed E-state index contributed by atoms with van der Waals surface area (Å²) in [7, 11) is -5.03. The van der Waals surface area contributed by atoms with Crippen LogP contribution in [0, 0.1) is 5.82 Å². The van der Waals surface area contributed by atoms with E-state index in [0.717, 1.165) is 28.9 Å². The van der Waals surface area contributed by atoms with Gasteiger partial charge in [-0.05, 0) is 56.0 Å². The molecule has 200 valence electrons. The number of hydrogen-bond donors (Lipinski definition) is 1. The second kappa shape index (κ2) is 8.96. The number of rotatable bonds is 4. The van der Waals surface area contributed by atoms with Crippen LogP contribution in [0.5, 0.6) is 0 Å². The third kappa shape index (κ3) is 5.26. The Morgan fingerprint density at radius 2 is 1.59 bits per heavy atom. The summed E-state index contributed by atoms with van der Waals surface area (Å²) in [6.07, 6.45) is -9.70. The first-order valence-corrected chi connectivity index (χ1v) is 12.2. The first-order chi connectivity index (χ1) is 17.0. The summed E-state index contributed by atoms with van der Waals surface area (Å²) in [6.45, 7) is 0. The number of carbonyl (C=O) groups excluding carboxylic acids is 1. The number of fused-ring (bicyclic) bond motifs is 1. The van der Waals surface area contributed by atoms with E-state index in [1.165, 1.54) is 0 Å². The van der Waals surface area contributed by atoms with Gasteiger partial charge in [0.25, 0.3) is 5.91 Å². The van der Waals surface area contributed by atoms with Gasteiger partial charge in [-0.2, -0.15) is 26.3 Å². The van der Waals surface area contributed by atoms with Crippen LogP contribution in [-0.2, 0) is 22.2 Å². The van der Waals surface area contributed by atoms with Crippen molar-refractivity contribution in [3.8, 4) is 0 Å².